The number of alkyl halides is 2. The van der Waals surface area contributed by atoms with Gasteiger partial charge in [0.05, 0.1) is 20.3 Å². The number of carbonyl (C=O) groups excluding carboxylic acids is 2. The molecular formula is C20H21F2NO6. The van der Waals surface area contributed by atoms with E-state index in [1.807, 2.05) is 0 Å². The molecule has 1 atom stereocenters. The molecule has 1 amide bonds. The highest BCUT2D eigenvalue weighted by atomic mass is 19.3. The van der Waals surface area contributed by atoms with Crippen LogP contribution in [0.1, 0.15) is 28.9 Å². The lowest BCUT2D eigenvalue weighted by atomic mass is 10.1. The molecule has 0 aliphatic carbocycles. The van der Waals surface area contributed by atoms with Gasteiger partial charge in [0.1, 0.15) is 22.8 Å². The Morgan fingerprint density at radius 1 is 1.03 bits per heavy atom. The third-order valence-electron chi connectivity index (χ3n) is 3.94. The number of ether oxygens (including phenoxy) is 4. The number of nitrogens with one attached hydrogen (secondary N) is 1. The maximum absolute atomic E-state index is 12.4. The molecule has 2 aromatic rings. The predicted molar refractivity (Wildman–Crippen MR) is 99.5 cm³/mol. The van der Waals surface area contributed by atoms with Crippen LogP contribution in [0.15, 0.2) is 42.5 Å². The van der Waals surface area contributed by atoms with Crippen LogP contribution in [0.25, 0.3) is 0 Å². The quantitative estimate of drug-likeness (QED) is 0.640. The van der Waals surface area contributed by atoms with Gasteiger partial charge in [-0.3, -0.25) is 4.79 Å². The molecule has 0 saturated carbocycles. The minimum Gasteiger partial charge on any atom is -0.497 e. The Bertz CT molecular complexity index is 859. The van der Waals surface area contributed by atoms with Gasteiger partial charge < -0.3 is 24.3 Å². The van der Waals surface area contributed by atoms with Gasteiger partial charge in [0.25, 0.3) is 5.91 Å². The number of esters is 1. The normalized spacial score (nSPS) is 11.5. The number of methoxy groups -OCH3 is 2. The summed E-state index contributed by atoms with van der Waals surface area (Å²) in [5.41, 5.74) is 0.463. The minimum atomic E-state index is -3.09. The molecule has 2 rings (SSSR count). The van der Waals surface area contributed by atoms with Crippen molar-refractivity contribution in [1.82, 2.24) is 5.32 Å². The number of hydrogen-bond donors (Lipinski definition) is 1. The molecule has 9 heteroatoms. The average molecular weight is 409 g/mol. The van der Waals surface area contributed by atoms with Crippen molar-refractivity contribution in [3.63, 3.8) is 0 Å². The molecule has 0 aliphatic rings. The Hall–Kier alpha value is -3.36. The molecule has 0 saturated heterocycles. The van der Waals surface area contributed by atoms with Crippen molar-refractivity contribution in [2.45, 2.75) is 19.6 Å². The van der Waals surface area contributed by atoms with Gasteiger partial charge in [-0.2, -0.15) is 8.78 Å². The number of hydrogen-bond acceptors (Lipinski definition) is 6. The fraction of sp³-hybridized carbons (Fsp3) is 0.300. The summed E-state index contributed by atoms with van der Waals surface area (Å²) in [6, 6.07) is 10.0. The lowest BCUT2D eigenvalue weighted by molar-refractivity contribution is -0.124. The van der Waals surface area contributed by atoms with Crippen LogP contribution < -0.4 is 19.5 Å². The second-order valence-electron chi connectivity index (χ2n) is 5.85. The summed E-state index contributed by atoms with van der Waals surface area (Å²) in [5, 5.41) is 2.67. The Morgan fingerprint density at radius 2 is 1.76 bits per heavy atom. The summed E-state index contributed by atoms with van der Waals surface area (Å²) in [6.45, 7) is -1.97. The molecule has 2 aromatic carbocycles. The fourth-order valence-corrected chi connectivity index (χ4v) is 2.58. The first-order chi connectivity index (χ1) is 13.8. The predicted octanol–water partition coefficient (Wildman–Crippen LogP) is 3.34. The summed E-state index contributed by atoms with van der Waals surface area (Å²) in [4.78, 5) is 24.3. The zero-order valence-corrected chi connectivity index (χ0v) is 16.1. The smallest absolute Gasteiger partial charge is 0.387 e. The number of rotatable bonds is 9. The first-order valence-electron chi connectivity index (χ1n) is 8.58. The van der Waals surface area contributed by atoms with Crippen LogP contribution in [-0.4, -0.2) is 39.3 Å². The average Bonchev–Trinajstić information content (AvgIpc) is 2.71. The Labute approximate surface area is 166 Å². The van der Waals surface area contributed by atoms with Gasteiger partial charge in [-0.25, -0.2) is 4.79 Å². The Balaban J connectivity index is 1.99. The van der Waals surface area contributed by atoms with E-state index in [9.17, 15) is 18.4 Å². The Morgan fingerprint density at radius 3 is 2.41 bits per heavy atom. The maximum Gasteiger partial charge on any atom is 0.387 e. The lowest BCUT2D eigenvalue weighted by Gasteiger charge is -2.18. The molecule has 0 spiro atoms. The summed E-state index contributed by atoms with van der Waals surface area (Å²) in [6.07, 6.45) is 0. The molecule has 0 radical (unpaired) electrons. The fourth-order valence-electron chi connectivity index (χ4n) is 2.58. The van der Waals surface area contributed by atoms with Crippen molar-refractivity contribution in [1.29, 1.82) is 0 Å². The molecule has 0 bridgehead atoms. The van der Waals surface area contributed by atoms with Gasteiger partial charge in [-0.05, 0) is 37.3 Å². The molecule has 0 heterocycles. The first kappa shape index (κ1) is 21.9. The minimum absolute atomic E-state index is 0.205. The van der Waals surface area contributed by atoms with Crippen molar-refractivity contribution < 1.29 is 37.3 Å². The van der Waals surface area contributed by atoms with E-state index in [-0.39, 0.29) is 11.3 Å². The molecule has 29 heavy (non-hydrogen) atoms. The van der Waals surface area contributed by atoms with E-state index >= 15 is 0 Å². The summed E-state index contributed by atoms with van der Waals surface area (Å²) >= 11 is 0. The highest BCUT2D eigenvalue weighted by Gasteiger charge is 2.19. The van der Waals surface area contributed by atoms with Gasteiger partial charge in [0, 0.05) is 5.56 Å². The topological polar surface area (TPSA) is 83.1 Å². The number of amides is 1. The molecule has 1 N–H and O–H groups in total. The first-order valence-corrected chi connectivity index (χ1v) is 8.58. The monoisotopic (exact) mass is 409 g/mol. The highest BCUT2D eigenvalue weighted by Crippen LogP contribution is 2.29. The van der Waals surface area contributed by atoms with E-state index in [4.69, 9.17) is 14.2 Å². The highest BCUT2D eigenvalue weighted by molar-refractivity contribution is 5.94. The van der Waals surface area contributed by atoms with Crippen LogP contribution in [0, 0.1) is 0 Å². The van der Waals surface area contributed by atoms with E-state index in [0.717, 1.165) is 0 Å². The van der Waals surface area contributed by atoms with E-state index in [2.05, 4.69) is 10.1 Å². The number of benzene rings is 2. The summed E-state index contributed by atoms with van der Waals surface area (Å²) in [7, 11) is 3.02. The van der Waals surface area contributed by atoms with E-state index in [1.165, 1.54) is 38.5 Å². The largest absolute Gasteiger partial charge is 0.497 e. The van der Waals surface area contributed by atoms with Crippen LogP contribution in [-0.2, 0) is 9.53 Å². The van der Waals surface area contributed by atoms with Gasteiger partial charge >= 0.3 is 12.6 Å². The SMILES string of the molecule is COc1ccc(OC)c(C(C)NC(=O)COC(=O)c2ccccc2OC(F)F)c1. The van der Waals surface area contributed by atoms with Gasteiger partial charge in [0.15, 0.2) is 6.61 Å². The van der Waals surface area contributed by atoms with Crippen molar-refractivity contribution in [3.8, 4) is 17.2 Å². The van der Waals surface area contributed by atoms with Crippen LogP contribution in [0.3, 0.4) is 0 Å². The molecule has 0 aliphatic heterocycles. The van der Waals surface area contributed by atoms with Crippen molar-refractivity contribution in [2.75, 3.05) is 20.8 Å². The second kappa shape index (κ2) is 10.3. The van der Waals surface area contributed by atoms with Gasteiger partial charge in [0.2, 0.25) is 0 Å². The van der Waals surface area contributed by atoms with Gasteiger partial charge in [-0.1, -0.05) is 12.1 Å². The van der Waals surface area contributed by atoms with Crippen LogP contribution >= 0.6 is 0 Å². The van der Waals surface area contributed by atoms with Crippen molar-refractivity contribution >= 4 is 11.9 Å². The van der Waals surface area contributed by atoms with E-state index in [1.54, 1.807) is 25.1 Å². The zero-order chi connectivity index (χ0) is 21.4. The van der Waals surface area contributed by atoms with Crippen LogP contribution in [0.5, 0.6) is 17.2 Å². The van der Waals surface area contributed by atoms with Crippen LogP contribution in [0.2, 0.25) is 0 Å². The van der Waals surface area contributed by atoms with E-state index < -0.39 is 31.1 Å². The molecule has 0 fully saturated rings. The lowest BCUT2D eigenvalue weighted by Crippen LogP contribution is -2.31. The standard InChI is InChI=1S/C20H21F2NO6/c1-12(15-10-13(26-2)8-9-16(15)27-3)23-18(24)11-28-19(25)14-6-4-5-7-17(14)29-20(21)22/h4-10,12,20H,11H2,1-3H3,(H,23,24). The van der Waals surface area contributed by atoms with Gasteiger partial charge in [-0.15, -0.1) is 0 Å². The molecule has 1 unspecified atom stereocenters. The molecular weight excluding hydrogens is 388 g/mol. The molecule has 0 aromatic heterocycles. The van der Waals surface area contributed by atoms with Crippen molar-refractivity contribution in [3.05, 3.63) is 53.6 Å². The third kappa shape index (κ3) is 6.06. The third-order valence-corrected chi connectivity index (χ3v) is 3.94. The summed E-state index contributed by atoms with van der Waals surface area (Å²) in [5.74, 6) is -0.731. The van der Waals surface area contributed by atoms with Crippen molar-refractivity contribution in [2.24, 2.45) is 0 Å². The van der Waals surface area contributed by atoms with E-state index in [0.29, 0.717) is 17.1 Å². The maximum atomic E-state index is 12.4. The Kier molecular flexibility index (Phi) is 7.76. The number of halogens is 2. The number of para-hydroxylation sites is 1. The second-order valence-corrected chi connectivity index (χ2v) is 5.85. The summed E-state index contributed by atoms with van der Waals surface area (Å²) < 4.78 is 44.5. The molecule has 156 valence electrons. The molecule has 7 nitrogen and oxygen atoms in total. The van der Waals surface area contributed by atoms with Crippen LogP contribution in [0.4, 0.5) is 8.78 Å². The zero-order valence-electron chi connectivity index (χ0n) is 16.1. The number of carbonyl (C=O) groups is 2.